The first kappa shape index (κ1) is 21.5. The molecule has 4 aromatic carbocycles. The molecule has 2 atom stereocenters. The second-order valence-electron chi connectivity index (χ2n) is 8.74. The number of hydrogen-bond acceptors (Lipinski definition) is 4. The Morgan fingerprint density at radius 3 is 1.29 bits per heavy atom. The van der Waals surface area contributed by atoms with Crippen LogP contribution in [0.3, 0.4) is 0 Å². The highest BCUT2D eigenvalue weighted by Gasteiger charge is 2.38. The summed E-state index contributed by atoms with van der Waals surface area (Å²) >= 11 is 3.83. The number of aryl methyl sites for hydroxylation is 2. The van der Waals surface area contributed by atoms with Crippen molar-refractivity contribution in [1.29, 1.82) is 0 Å². The van der Waals surface area contributed by atoms with E-state index in [4.69, 9.17) is 9.98 Å². The van der Waals surface area contributed by atoms with Crippen molar-refractivity contribution in [3.05, 3.63) is 119 Å². The van der Waals surface area contributed by atoms with Crippen LogP contribution in [0.1, 0.15) is 22.3 Å². The monoisotopic (exact) mass is 476 g/mol. The number of thioether (sulfide) groups is 2. The summed E-state index contributed by atoms with van der Waals surface area (Å²) in [5.74, 6) is 0. The summed E-state index contributed by atoms with van der Waals surface area (Å²) in [5.41, 5.74) is 9.23. The highest BCUT2D eigenvalue weighted by atomic mass is 32.2. The van der Waals surface area contributed by atoms with Crippen molar-refractivity contribution >= 4 is 46.3 Å². The van der Waals surface area contributed by atoms with Gasteiger partial charge in [0, 0.05) is 9.79 Å². The third-order valence-electron chi connectivity index (χ3n) is 6.23. The van der Waals surface area contributed by atoms with E-state index in [9.17, 15) is 0 Å². The van der Waals surface area contributed by atoms with Crippen molar-refractivity contribution in [2.45, 2.75) is 34.1 Å². The molecule has 0 radical (unpaired) electrons. The zero-order chi connectivity index (χ0) is 23.1. The van der Waals surface area contributed by atoms with E-state index in [1.54, 1.807) is 0 Å². The van der Waals surface area contributed by atoms with Gasteiger partial charge in [0.25, 0.3) is 0 Å². The highest BCUT2D eigenvalue weighted by Crippen LogP contribution is 2.48. The van der Waals surface area contributed by atoms with Crippen LogP contribution in [0.25, 0.3) is 0 Å². The first-order valence-corrected chi connectivity index (χ1v) is 13.2. The van der Waals surface area contributed by atoms with Gasteiger partial charge < -0.3 is 0 Å². The van der Waals surface area contributed by atoms with E-state index in [-0.39, 0.29) is 10.5 Å². The lowest BCUT2D eigenvalue weighted by Gasteiger charge is -2.34. The third kappa shape index (κ3) is 4.02. The van der Waals surface area contributed by atoms with E-state index in [0.29, 0.717) is 0 Å². The van der Waals surface area contributed by atoms with E-state index < -0.39 is 0 Å². The number of rotatable bonds is 3. The Labute approximate surface area is 209 Å². The summed E-state index contributed by atoms with van der Waals surface area (Å²) in [7, 11) is 0. The van der Waals surface area contributed by atoms with Gasteiger partial charge in [-0.15, -0.1) is 23.5 Å². The van der Waals surface area contributed by atoms with Crippen molar-refractivity contribution in [1.82, 2.24) is 0 Å². The van der Waals surface area contributed by atoms with Crippen molar-refractivity contribution in [2.75, 3.05) is 0 Å². The van der Waals surface area contributed by atoms with Crippen molar-refractivity contribution in [3.8, 4) is 0 Å². The zero-order valence-electron chi connectivity index (χ0n) is 19.1. The second-order valence-corrected chi connectivity index (χ2v) is 11.1. The average molecular weight is 477 g/mol. The van der Waals surface area contributed by atoms with Gasteiger partial charge in [-0.2, -0.15) is 0 Å². The molecule has 0 aromatic heterocycles. The van der Waals surface area contributed by atoms with Gasteiger partial charge in [0.2, 0.25) is 0 Å². The predicted octanol–water partition coefficient (Wildman–Crippen LogP) is 8.19. The fourth-order valence-electron chi connectivity index (χ4n) is 4.39. The Kier molecular flexibility index (Phi) is 5.64. The van der Waals surface area contributed by atoms with E-state index in [1.165, 1.54) is 32.0 Å². The van der Waals surface area contributed by atoms with Crippen LogP contribution >= 0.6 is 23.5 Å². The molecule has 0 saturated heterocycles. The molecule has 6 rings (SSSR count). The van der Waals surface area contributed by atoms with Crippen LogP contribution in [-0.4, -0.2) is 21.9 Å². The minimum absolute atomic E-state index is 0.135. The van der Waals surface area contributed by atoms with E-state index in [2.05, 4.69) is 111 Å². The number of nitrogens with zero attached hydrogens (tertiary/aromatic N) is 2. The summed E-state index contributed by atoms with van der Waals surface area (Å²) in [5, 5.41) is 0.270. The number of benzene rings is 4. The maximum atomic E-state index is 5.23. The van der Waals surface area contributed by atoms with Gasteiger partial charge in [0.05, 0.1) is 33.3 Å². The van der Waals surface area contributed by atoms with Crippen molar-refractivity contribution in [3.63, 3.8) is 0 Å². The molecule has 166 valence electrons. The molecule has 0 saturated carbocycles. The van der Waals surface area contributed by atoms with Crippen LogP contribution in [-0.2, 0) is 0 Å². The molecular formula is C30H24N2S2. The maximum Gasteiger partial charge on any atom is 0.0769 e. The fourth-order valence-corrected chi connectivity index (χ4v) is 7.16. The molecule has 0 amide bonds. The fraction of sp³-hybridized carbons (Fsp3) is 0.133. The molecule has 2 aliphatic rings. The Balaban J connectivity index is 1.51. The Hall–Kier alpha value is -3.08. The van der Waals surface area contributed by atoms with E-state index in [1.807, 2.05) is 23.5 Å². The highest BCUT2D eigenvalue weighted by molar-refractivity contribution is 8.05. The minimum atomic E-state index is 0.135. The molecule has 4 aromatic rings. The number of hydrogen-bond donors (Lipinski definition) is 0. The zero-order valence-corrected chi connectivity index (χ0v) is 20.7. The van der Waals surface area contributed by atoms with E-state index >= 15 is 0 Å². The summed E-state index contributed by atoms with van der Waals surface area (Å²) in [6.07, 6.45) is 0. The van der Waals surface area contributed by atoms with Gasteiger partial charge in [0.1, 0.15) is 0 Å². The van der Waals surface area contributed by atoms with Crippen LogP contribution < -0.4 is 0 Å². The lowest BCUT2D eigenvalue weighted by atomic mass is 9.97. The van der Waals surface area contributed by atoms with E-state index in [0.717, 1.165) is 22.8 Å². The van der Waals surface area contributed by atoms with Crippen LogP contribution in [0.2, 0.25) is 0 Å². The third-order valence-corrected chi connectivity index (χ3v) is 9.10. The number of para-hydroxylation sites is 2. The van der Waals surface area contributed by atoms with Crippen LogP contribution in [0, 0.1) is 13.8 Å². The molecular weight excluding hydrogens is 452 g/mol. The normalized spacial score (nSPS) is 19.0. The molecule has 34 heavy (non-hydrogen) atoms. The Morgan fingerprint density at radius 1 is 0.500 bits per heavy atom. The SMILES string of the molecule is Cc1ccc(C2=Nc3ccccc3SC2C2Sc3ccccc3N=C2c2ccc(C)cc2)cc1. The average Bonchev–Trinajstić information content (AvgIpc) is 2.88. The molecule has 0 N–H and O–H groups in total. The summed E-state index contributed by atoms with van der Waals surface area (Å²) in [6.45, 7) is 4.26. The molecule has 0 bridgehead atoms. The first-order valence-electron chi connectivity index (χ1n) is 11.5. The topological polar surface area (TPSA) is 24.7 Å². The molecule has 0 aliphatic carbocycles. The molecule has 2 aliphatic heterocycles. The first-order chi connectivity index (χ1) is 16.7. The van der Waals surface area contributed by atoms with Crippen LogP contribution in [0.4, 0.5) is 11.4 Å². The number of aliphatic imine (C=N–C) groups is 2. The quantitative estimate of drug-likeness (QED) is 0.298. The van der Waals surface area contributed by atoms with Gasteiger partial charge in [0.15, 0.2) is 0 Å². The molecule has 0 fully saturated rings. The minimum Gasteiger partial charge on any atom is -0.250 e. The smallest absolute Gasteiger partial charge is 0.0769 e. The molecule has 2 heterocycles. The molecule has 2 nitrogen and oxygen atoms in total. The summed E-state index contributed by atoms with van der Waals surface area (Å²) in [4.78, 5) is 12.9. The summed E-state index contributed by atoms with van der Waals surface area (Å²) in [6, 6.07) is 34.5. The Morgan fingerprint density at radius 2 is 0.882 bits per heavy atom. The van der Waals surface area contributed by atoms with Gasteiger partial charge in [-0.05, 0) is 49.2 Å². The van der Waals surface area contributed by atoms with Gasteiger partial charge >= 0.3 is 0 Å². The lowest BCUT2D eigenvalue weighted by Crippen LogP contribution is -2.38. The summed E-state index contributed by atoms with van der Waals surface area (Å²) < 4.78 is 0. The standard InChI is InChI=1S/C30H24N2S2/c1-19-11-15-21(16-12-19)27-29(33-25-9-5-3-7-23(25)31-27)30-28(22-17-13-20(2)14-18-22)32-24-8-4-6-10-26(24)34-30/h3-18,29-30H,1-2H3. The lowest BCUT2D eigenvalue weighted by molar-refractivity contribution is 1.12. The molecule has 4 heteroatoms. The van der Waals surface area contributed by atoms with Gasteiger partial charge in [-0.1, -0.05) is 83.9 Å². The predicted molar refractivity (Wildman–Crippen MR) is 147 cm³/mol. The molecule has 0 spiro atoms. The Bertz CT molecular complexity index is 1310. The maximum absolute atomic E-state index is 5.23. The van der Waals surface area contributed by atoms with Crippen molar-refractivity contribution in [2.24, 2.45) is 9.98 Å². The van der Waals surface area contributed by atoms with Gasteiger partial charge in [-0.25, -0.2) is 0 Å². The second kappa shape index (κ2) is 8.94. The van der Waals surface area contributed by atoms with Crippen LogP contribution in [0.15, 0.2) is 117 Å². The largest absolute Gasteiger partial charge is 0.250 e. The molecule has 2 unspecified atom stereocenters. The van der Waals surface area contributed by atoms with Crippen molar-refractivity contribution < 1.29 is 0 Å². The van der Waals surface area contributed by atoms with Crippen LogP contribution in [0.5, 0.6) is 0 Å². The van der Waals surface area contributed by atoms with Gasteiger partial charge in [-0.3, -0.25) is 9.98 Å². The number of fused-ring (bicyclic) bond motifs is 2.